The molecule has 3 rings (SSSR count). The fourth-order valence-corrected chi connectivity index (χ4v) is 6.65. The van der Waals surface area contributed by atoms with Crippen LogP contribution in [0.2, 0.25) is 0 Å². The SMILES string of the molecule is C=CC(=C)CC[C@]1(C)[C@H](C)CC[C@@]23[C@H](OC(C)=O)O[C@H](OC(=O)CCC)[C@@H]2C[C@H](O)C[C@@H]13. The second-order valence-electron chi connectivity index (χ2n) is 10.4. The topological polar surface area (TPSA) is 82.1 Å². The average molecular weight is 449 g/mol. The van der Waals surface area contributed by atoms with E-state index in [2.05, 4.69) is 27.0 Å². The highest BCUT2D eigenvalue weighted by atomic mass is 16.8. The van der Waals surface area contributed by atoms with Crippen molar-refractivity contribution < 1.29 is 28.9 Å². The maximum absolute atomic E-state index is 12.3. The molecule has 1 aliphatic heterocycles. The van der Waals surface area contributed by atoms with Gasteiger partial charge in [-0.05, 0) is 62.2 Å². The van der Waals surface area contributed by atoms with Crippen molar-refractivity contribution in [1.29, 1.82) is 0 Å². The fraction of sp³-hybridized carbons (Fsp3) is 0.769. The molecule has 1 saturated heterocycles. The fourth-order valence-electron chi connectivity index (χ4n) is 6.65. The molecule has 8 atom stereocenters. The van der Waals surface area contributed by atoms with E-state index < -0.39 is 30.1 Å². The van der Waals surface area contributed by atoms with Crippen molar-refractivity contribution in [2.45, 2.75) is 97.7 Å². The minimum Gasteiger partial charge on any atom is -0.435 e. The van der Waals surface area contributed by atoms with E-state index in [4.69, 9.17) is 14.2 Å². The van der Waals surface area contributed by atoms with Gasteiger partial charge in [0.2, 0.25) is 12.6 Å². The van der Waals surface area contributed by atoms with Crippen LogP contribution in [0.3, 0.4) is 0 Å². The normalized spacial score (nSPS) is 40.7. The Balaban J connectivity index is 2.01. The molecule has 2 saturated carbocycles. The van der Waals surface area contributed by atoms with E-state index in [1.807, 2.05) is 6.92 Å². The maximum Gasteiger partial charge on any atom is 0.308 e. The van der Waals surface area contributed by atoms with E-state index in [0.717, 1.165) is 31.3 Å². The first-order valence-corrected chi connectivity index (χ1v) is 12.1. The van der Waals surface area contributed by atoms with Crippen molar-refractivity contribution in [1.82, 2.24) is 0 Å². The van der Waals surface area contributed by atoms with Crippen LogP contribution in [-0.2, 0) is 23.8 Å². The predicted octanol–water partition coefficient (Wildman–Crippen LogP) is 4.91. The molecule has 0 radical (unpaired) electrons. The molecule has 3 fully saturated rings. The van der Waals surface area contributed by atoms with Crippen LogP contribution in [0.4, 0.5) is 0 Å². The Morgan fingerprint density at radius 1 is 1.25 bits per heavy atom. The standard InChI is InChI=1S/C26H40O6/c1-7-9-22(29)31-23-20-14-19(28)15-21-25(6,12-10-16(3)8-2)17(4)11-13-26(20,21)24(32-23)30-18(5)27/h8,17,19-21,23-24,28H,2-3,7,9-15H2,1,4-6H3/t17-,19+,20+,21+,23+,24-,25-,26-/m1/s1. The Labute approximate surface area is 192 Å². The Morgan fingerprint density at radius 3 is 2.59 bits per heavy atom. The highest BCUT2D eigenvalue weighted by Crippen LogP contribution is 2.68. The second kappa shape index (κ2) is 9.68. The lowest BCUT2D eigenvalue weighted by atomic mass is 9.44. The van der Waals surface area contributed by atoms with Gasteiger partial charge in [-0.1, -0.05) is 45.6 Å². The zero-order chi connectivity index (χ0) is 23.7. The molecular formula is C26H40O6. The number of hydrogen-bond donors (Lipinski definition) is 1. The quantitative estimate of drug-likeness (QED) is 0.420. The molecule has 6 heteroatoms. The van der Waals surface area contributed by atoms with Gasteiger partial charge in [0.25, 0.3) is 0 Å². The summed E-state index contributed by atoms with van der Waals surface area (Å²) in [6, 6.07) is 0. The molecule has 1 heterocycles. The summed E-state index contributed by atoms with van der Waals surface area (Å²) in [6.07, 6.45) is 5.27. The van der Waals surface area contributed by atoms with Crippen molar-refractivity contribution in [2.75, 3.05) is 0 Å². The van der Waals surface area contributed by atoms with Crippen LogP contribution >= 0.6 is 0 Å². The van der Waals surface area contributed by atoms with E-state index in [1.54, 1.807) is 6.08 Å². The number of esters is 2. The second-order valence-corrected chi connectivity index (χ2v) is 10.4. The van der Waals surface area contributed by atoms with Gasteiger partial charge in [0.15, 0.2) is 0 Å². The van der Waals surface area contributed by atoms with Gasteiger partial charge in [-0.15, -0.1) is 0 Å². The number of aliphatic hydroxyl groups is 1. The van der Waals surface area contributed by atoms with Gasteiger partial charge >= 0.3 is 11.9 Å². The zero-order valence-corrected chi connectivity index (χ0v) is 20.1. The summed E-state index contributed by atoms with van der Waals surface area (Å²) in [5, 5.41) is 10.9. The molecule has 0 aromatic carbocycles. The number of allylic oxidation sites excluding steroid dienone is 2. The summed E-state index contributed by atoms with van der Waals surface area (Å²) >= 11 is 0. The Hall–Kier alpha value is -1.66. The minimum absolute atomic E-state index is 0.0596. The minimum atomic E-state index is -0.809. The number of ether oxygens (including phenoxy) is 3. The summed E-state index contributed by atoms with van der Waals surface area (Å²) in [5.41, 5.74) is 0.392. The van der Waals surface area contributed by atoms with Crippen LogP contribution in [0.1, 0.15) is 79.1 Å². The lowest BCUT2D eigenvalue weighted by molar-refractivity contribution is -0.238. The van der Waals surface area contributed by atoms with Crippen LogP contribution in [0.15, 0.2) is 24.8 Å². The Kier molecular flexibility index (Phi) is 7.55. The summed E-state index contributed by atoms with van der Waals surface area (Å²) in [6.45, 7) is 15.8. The monoisotopic (exact) mass is 448 g/mol. The molecule has 0 amide bonds. The van der Waals surface area contributed by atoms with Crippen LogP contribution in [0.25, 0.3) is 0 Å². The molecule has 2 aliphatic carbocycles. The summed E-state index contributed by atoms with van der Waals surface area (Å²) < 4.78 is 17.7. The third-order valence-electron chi connectivity index (χ3n) is 8.58. The van der Waals surface area contributed by atoms with E-state index in [1.165, 1.54) is 6.92 Å². The van der Waals surface area contributed by atoms with E-state index >= 15 is 0 Å². The number of aliphatic hydroxyl groups excluding tert-OH is 1. The molecule has 0 aromatic rings. The predicted molar refractivity (Wildman–Crippen MR) is 121 cm³/mol. The summed E-state index contributed by atoms with van der Waals surface area (Å²) in [5.74, 6) is -0.461. The van der Waals surface area contributed by atoms with E-state index in [0.29, 0.717) is 31.6 Å². The number of carbonyl (C=O) groups excluding carboxylic acids is 2. The Morgan fingerprint density at radius 2 is 1.97 bits per heavy atom. The van der Waals surface area contributed by atoms with Crippen molar-refractivity contribution in [3.63, 3.8) is 0 Å². The molecule has 180 valence electrons. The highest BCUT2D eigenvalue weighted by molar-refractivity contribution is 5.69. The molecule has 0 aromatic heterocycles. The third kappa shape index (κ3) is 4.41. The number of carbonyl (C=O) groups is 2. The first kappa shape index (κ1) is 25.0. The van der Waals surface area contributed by atoms with Gasteiger partial charge in [0.1, 0.15) is 0 Å². The first-order chi connectivity index (χ1) is 15.1. The molecule has 1 N–H and O–H groups in total. The Bertz CT molecular complexity index is 747. The van der Waals surface area contributed by atoms with Gasteiger partial charge in [-0.3, -0.25) is 9.59 Å². The van der Waals surface area contributed by atoms with Crippen molar-refractivity contribution in [2.24, 2.45) is 28.6 Å². The number of hydrogen-bond acceptors (Lipinski definition) is 6. The average Bonchev–Trinajstić information content (AvgIpc) is 3.00. The third-order valence-corrected chi connectivity index (χ3v) is 8.58. The van der Waals surface area contributed by atoms with Gasteiger partial charge in [0, 0.05) is 24.7 Å². The van der Waals surface area contributed by atoms with Crippen molar-refractivity contribution in [3.05, 3.63) is 24.8 Å². The largest absolute Gasteiger partial charge is 0.435 e. The lowest BCUT2D eigenvalue weighted by Gasteiger charge is -2.61. The molecule has 0 bridgehead atoms. The van der Waals surface area contributed by atoms with E-state index in [9.17, 15) is 14.7 Å². The molecule has 32 heavy (non-hydrogen) atoms. The molecule has 6 nitrogen and oxygen atoms in total. The van der Waals surface area contributed by atoms with Crippen molar-refractivity contribution in [3.8, 4) is 0 Å². The summed E-state index contributed by atoms with van der Waals surface area (Å²) in [7, 11) is 0. The van der Waals surface area contributed by atoms with Crippen LogP contribution in [0.5, 0.6) is 0 Å². The van der Waals surface area contributed by atoms with E-state index in [-0.39, 0.29) is 23.2 Å². The smallest absolute Gasteiger partial charge is 0.308 e. The number of rotatable bonds is 8. The van der Waals surface area contributed by atoms with Gasteiger partial charge in [0.05, 0.1) is 6.10 Å². The van der Waals surface area contributed by atoms with Crippen LogP contribution in [-0.4, -0.2) is 35.7 Å². The molecular weight excluding hydrogens is 408 g/mol. The molecule has 3 aliphatic rings. The van der Waals surface area contributed by atoms with Gasteiger partial charge < -0.3 is 19.3 Å². The molecule has 1 spiro atoms. The lowest BCUT2D eigenvalue weighted by Crippen LogP contribution is -2.60. The first-order valence-electron chi connectivity index (χ1n) is 12.1. The highest BCUT2D eigenvalue weighted by Gasteiger charge is 2.70. The molecule has 0 unspecified atom stereocenters. The van der Waals surface area contributed by atoms with Gasteiger partial charge in [-0.2, -0.15) is 0 Å². The summed E-state index contributed by atoms with van der Waals surface area (Å²) in [4.78, 5) is 24.4. The zero-order valence-electron chi connectivity index (χ0n) is 20.1. The van der Waals surface area contributed by atoms with Crippen molar-refractivity contribution >= 4 is 11.9 Å². The van der Waals surface area contributed by atoms with Gasteiger partial charge in [-0.25, -0.2) is 0 Å². The van der Waals surface area contributed by atoms with Crippen LogP contribution < -0.4 is 0 Å². The maximum atomic E-state index is 12.3. The van der Waals surface area contributed by atoms with Crippen LogP contribution in [0, 0.1) is 28.6 Å².